The van der Waals surface area contributed by atoms with E-state index in [1.807, 2.05) is 66.7 Å². The van der Waals surface area contributed by atoms with Crippen LogP contribution in [0.3, 0.4) is 0 Å². The van der Waals surface area contributed by atoms with Crippen LogP contribution in [0.1, 0.15) is 0 Å². The summed E-state index contributed by atoms with van der Waals surface area (Å²) in [6.07, 6.45) is 0. The predicted molar refractivity (Wildman–Crippen MR) is 230 cm³/mol. The molecule has 0 N–H and O–H groups in total. The van der Waals surface area contributed by atoms with Crippen LogP contribution in [0.2, 0.25) is 0 Å². The van der Waals surface area contributed by atoms with Gasteiger partial charge in [0.1, 0.15) is 22.3 Å². The number of rotatable bonds is 5. The van der Waals surface area contributed by atoms with Gasteiger partial charge < -0.3 is 13.4 Å². The minimum atomic E-state index is 0.500. The van der Waals surface area contributed by atoms with Crippen LogP contribution < -0.4 is 0 Å². The van der Waals surface area contributed by atoms with Crippen molar-refractivity contribution >= 4 is 65.7 Å². The zero-order chi connectivity index (χ0) is 37.5. The van der Waals surface area contributed by atoms with Crippen molar-refractivity contribution in [3.63, 3.8) is 0 Å². The van der Waals surface area contributed by atoms with Gasteiger partial charge in [-0.1, -0.05) is 146 Å². The molecule has 0 saturated heterocycles. The Morgan fingerprint density at radius 1 is 0.333 bits per heavy atom. The lowest BCUT2D eigenvalue weighted by atomic mass is 10.0. The molecule has 0 bridgehead atoms. The molecule has 8 aromatic carbocycles. The van der Waals surface area contributed by atoms with E-state index in [1.165, 1.54) is 10.8 Å². The highest BCUT2D eigenvalue weighted by molar-refractivity contribution is 6.15. The summed E-state index contributed by atoms with van der Waals surface area (Å²) in [7, 11) is 0. The summed E-state index contributed by atoms with van der Waals surface area (Å²) in [4.78, 5) is 15.7. The van der Waals surface area contributed by atoms with Gasteiger partial charge >= 0.3 is 0 Å². The van der Waals surface area contributed by atoms with Crippen LogP contribution in [0.25, 0.3) is 117 Å². The van der Waals surface area contributed by atoms with Crippen molar-refractivity contribution in [2.75, 3.05) is 0 Å². The topological polar surface area (TPSA) is 69.9 Å². The fourth-order valence-electron chi connectivity index (χ4n) is 8.48. The average Bonchev–Trinajstić information content (AvgIpc) is 3.96. The van der Waals surface area contributed by atoms with Crippen molar-refractivity contribution in [3.8, 4) is 51.0 Å². The third-order valence-electron chi connectivity index (χ3n) is 11.1. The second kappa shape index (κ2) is 12.3. The SMILES string of the molecule is c1ccc(-c2nc(-c3cccc4c3oc3ccccc34)nc(-c3cc(-n4c5ccccc5c5ccccc54)cc4c3oc3c(-c5ccccc5)cccc34)n2)cc1. The van der Waals surface area contributed by atoms with Crippen LogP contribution in [0.5, 0.6) is 0 Å². The molecule has 6 heteroatoms. The molecule has 4 aromatic heterocycles. The average molecular weight is 731 g/mol. The Labute approximate surface area is 325 Å². The minimum absolute atomic E-state index is 0.500. The van der Waals surface area contributed by atoms with E-state index in [1.54, 1.807) is 0 Å². The highest BCUT2D eigenvalue weighted by Gasteiger charge is 2.24. The van der Waals surface area contributed by atoms with Crippen molar-refractivity contribution in [1.29, 1.82) is 0 Å². The molecule has 12 rings (SSSR count). The molecular weight excluding hydrogens is 701 g/mol. The molecule has 57 heavy (non-hydrogen) atoms. The van der Waals surface area contributed by atoms with Crippen molar-refractivity contribution in [3.05, 3.63) is 182 Å². The second-order valence-corrected chi connectivity index (χ2v) is 14.3. The number of hydrogen-bond donors (Lipinski definition) is 0. The molecule has 4 heterocycles. The Morgan fingerprint density at radius 2 is 0.842 bits per heavy atom. The molecule has 0 saturated carbocycles. The molecule has 0 spiro atoms. The molecule has 266 valence electrons. The normalized spacial score (nSPS) is 11.9. The lowest BCUT2D eigenvalue weighted by Gasteiger charge is -2.12. The van der Waals surface area contributed by atoms with Crippen molar-refractivity contribution in [1.82, 2.24) is 19.5 Å². The van der Waals surface area contributed by atoms with Gasteiger partial charge in [0.2, 0.25) is 0 Å². The summed E-state index contributed by atoms with van der Waals surface area (Å²) >= 11 is 0. The Morgan fingerprint density at radius 3 is 1.56 bits per heavy atom. The number of hydrogen-bond acceptors (Lipinski definition) is 5. The molecule has 0 aliphatic heterocycles. The molecule has 6 nitrogen and oxygen atoms in total. The molecule has 0 aliphatic rings. The zero-order valence-electron chi connectivity index (χ0n) is 30.4. The molecule has 0 radical (unpaired) electrons. The van der Waals surface area contributed by atoms with Crippen LogP contribution in [-0.2, 0) is 0 Å². The lowest BCUT2D eigenvalue weighted by Crippen LogP contribution is -2.01. The van der Waals surface area contributed by atoms with E-state index in [0.717, 1.165) is 82.8 Å². The fourth-order valence-corrected chi connectivity index (χ4v) is 8.48. The summed E-state index contributed by atoms with van der Waals surface area (Å²) in [6, 6.07) is 62.6. The Bertz CT molecular complexity index is 3470. The lowest BCUT2D eigenvalue weighted by molar-refractivity contribution is 0.669. The molecule has 0 unspecified atom stereocenters. The number of furan rings is 2. The molecule has 0 fully saturated rings. The molecule has 0 amide bonds. The predicted octanol–water partition coefficient (Wildman–Crippen LogP) is 13.4. The quantitative estimate of drug-likeness (QED) is 0.176. The van der Waals surface area contributed by atoms with Gasteiger partial charge in [0.05, 0.1) is 22.2 Å². The van der Waals surface area contributed by atoms with E-state index in [0.29, 0.717) is 23.1 Å². The maximum atomic E-state index is 7.04. The van der Waals surface area contributed by atoms with E-state index >= 15 is 0 Å². The van der Waals surface area contributed by atoms with Gasteiger partial charge in [0.15, 0.2) is 17.5 Å². The molecule has 0 aliphatic carbocycles. The first kappa shape index (κ1) is 31.5. The van der Waals surface area contributed by atoms with Crippen LogP contribution in [-0.4, -0.2) is 19.5 Å². The summed E-state index contributed by atoms with van der Waals surface area (Å²) < 4.78 is 15.9. The third-order valence-corrected chi connectivity index (χ3v) is 11.1. The van der Waals surface area contributed by atoms with Gasteiger partial charge in [0.25, 0.3) is 0 Å². The minimum Gasteiger partial charge on any atom is -0.455 e. The van der Waals surface area contributed by atoms with Crippen LogP contribution in [0.4, 0.5) is 0 Å². The summed E-state index contributed by atoms with van der Waals surface area (Å²) in [5.74, 6) is 1.57. The zero-order valence-corrected chi connectivity index (χ0v) is 30.4. The largest absolute Gasteiger partial charge is 0.455 e. The number of para-hydroxylation sites is 5. The van der Waals surface area contributed by atoms with Crippen LogP contribution >= 0.6 is 0 Å². The summed E-state index contributed by atoms with van der Waals surface area (Å²) in [6.45, 7) is 0. The highest BCUT2D eigenvalue weighted by atomic mass is 16.3. The van der Waals surface area contributed by atoms with E-state index < -0.39 is 0 Å². The first-order valence-electron chi connectivity index (χ1n) is 19.0. The van der Waals surface area contributed by atoms with Crippen LogP contribution in [0, 0.1) is 0 Å². The van der Waals surface area contributed by atoms with Gasteiger partial charge in [-0.05, 0) is 42.0 Å². The van der Waals surface area contributed by atoms with Crippen molar-refractivity contribution in [2.24, 2.45) is 0 Å². The monoisotopic (exact) mass is 730 g/mol. The van der Waals surface area contributed by atoms with Crippen molar-refractivity contribution < 1.29 is 8.83 Å². The van der Waals surface area contributed by atoms with Crippen LogP contribution in [0.15, 0.2) is 191 Å². The summed E-state index contributed by atoms with van der Waals surface area (Å²) in [5.41, 5.74) is 10.8. The number of fused-ring (bicyclic) bond motifs is 9. The van der Waals surface area contributed by atoms with Gasteiger partial charge in [-0.15, -0.1) is 0 Å². The van der Waals surface area contributed by atoms with E-state index in [9.17, 15) is 0 Å². The number of aromatic nitrogens is 4. The summed E-state index contributed by atoms with van der Waals surface area (Å²) in [5, 5.41) is 6.41. The van der Waals surface area contributed by atoms with E-state index in [4.69, 9.17) is 23.8 Å². The number of benzene rings is 8. The smallest absolute Gasteiger partial charge is 0.167 e. The maximum absolute atomic E-state index is 7.04. The first-order valence-corrected chi connectivity index (χ1v) is 19.0. The molecule has 0 atom stereocenters. The Kier molecular flexibility index (Phi) is 6.83. The van der Waals surface area contributed by atoms with Crippen molar-refractivity contribution in [2.45, 2.75) is 0 Å². The van der Waals surface area contributed by atoms with Gasteiger partial charge in [-0.25, -0.2) is 15.0 Å². The first-order chi connectivity index (χ1) is 28.3. The molecular formula is C51H30N4O2. The Balaban J connectivity index is 1.20. The highest BCUT2D eigenvalue weighted by Crippen LogP contribution is 2.43. The van der Waals surface area contributed by atoms with E-state index in [-0.39, 0.29) is 0 Å². The third kappa shape index (κ3) is 4.87. The van der Waals surface area contributed by atoms with Gasteiger partial charge in [-0.2, -0.15) is 0 Å². The van der Waals surface area contributed by atoms with Gasteiger partial charge in [0, 0.05) is 49.1 Å². The second-order valence-electron chi connectivity index (χ2n) is 14.3. The number of nitrogens with zero attached hydrogens (tertiary/aromatic N) is 4. The standard InChI is InChI=1S/C51H30N4O2/c1-3-15-31(16-4-1)34-22-13-24-39-41-29-33(55-43-26-10-7-19-35(43)36-20-8-11-27-44(36)55)30-42(48(41)57-46(34)39)51-53-49(32-17-5-2-6-18-32)52-50(54-51)40-25-14-23-38-37-21-9-12-28-45(37)56-47(38)40/h1-30H. The van der Waals surface area contributed by atoms with E-state index in [2.05, 4.69) is 120 Å². The Hall–Kier alpha value is -7.83. The maximum Gasteiger partial charge on any atom is 0.167 e. The van der Waals surface area contributed by atoms with Gasteiger partial charge in [-0.3, -0.25) is 0 Å². The fraction of sp³-hybridized carbons (Fsp3) is 0. The molecule has 12 aromatic rings.